The van der Waals surface area contributed by atoms with Gasteiger partial charge in [-0.1, -0.05) is 34.1 Å². The third-order valence-electron chi connectivity index (χ3n) is 2.58. The van der Waals surface area contributed by atoms with Crippen molar-refractivity contribution >= 4 is 11.8 Å². The van der Waals surface area contributed by atoms with Gasteiger partial charge in [0.25, 0.3) is 0 Å². The number of carbonyl (C=O) groups excluding carboxylic acids is 2. The molecule has 4 nitrogen and oxygen atoms in total. The van der Waals surface area contributed by atoms with Crippen molar-refractivity contribution < 1.29 is 9.59 Å². The second-order valence-electron chi connectivity index (χ2n) is 5.42. The van der Waals surface area contributed by atoms with Crippen LogP contribution < -0.4 is 5.32 Å². The SMILES string of the molecule is CCCCN(C)C(=O)CCNC(=O)C(C)(C)C. The van der Waals surface area contributed by atoms with Crippen LogP contribution >= 0.6 is 0 Å². The van der Waals surface area contributed by atoms with E-state index in [4.69, 9.17) is 0 Å². The molecule has 0 aromatic heterocycles. The van der Waals surface area contributed by atoms with Crippen LogP contribution in [0.4, 0.5) is 0 Å². The molecule has 100 valence electrons. The van der Waals surface area contributed by atoms with Gasteiger partial charge in [0.05, 0.1) is 0 Å². The number of carbonyl (C=O) groups is 2. The molecular formula is C13H26N2O2. The summed E-state index contributed by atoms with van der Waals surface area (Å²) in [6.07, 6.45) is 2.48. The summed E-state index contributed by atoms with van der Waals surface area (Å²) in [4.78, 5) is 24.9. The molecular weight excluding hydrogens is 216 g/mol. The fourth-order valence-corrected chi connectivity index (χ4v) is 1.26. The zero-order valence-electron chi connectivity index (χ0n) is 11.8. The molecule has 0 aliphatic rings. The van der Waals surface area contributed by atoms with Crippen molar-refractivity contribution in [1.29, 1.82) is 0 Å². The quantitative estimate of drug-likeness (QED) is 0.772. The fourth-order valence-electron chi connectivity index (χ4n) is 1.26. The topological polar surface area (TPSA) is 49.4 Å². The summed E-state index contributed by atoms with van der Waals surface area (Å²) in [5, 5.41) is 2.78. The maximum atomic E-state index is 11.7. The van der Waals surface area contributed by atoms with Gasteiger partial charge in [0.2, 0.25) is 11.8 Å². The van der Waals surface area contributed by atoms with Crippen molar-refractivity contribution in [2.24, 2.45) is 5.41 Å². The molecule has 0 aliphatic carbocycles. The highest BCUT2D eigenvalue weighted by atomic mass is 16.2. The Bertz CT molecular complexity index is 257. The molecule has 0 bridgehead atoms. The Kier molecular flexibility index (Phi) is 6.85. The van der Waals surface area contributed by atoms with Crippen molar-refractivity contribution in [2.75, 3.05) is 20.1 Å². The predicted molar refractivity (Wildman–Crippen MR) is 69.6 cm³/mol. The highest BCUT2D eigenvalue weighted by molar-refractivity contribution is 5.82. The first kappa shape index (κ1) is 15.9. The Morgan fingerprint density at radius 2 is 1.82 bits per heavy atom. The predicted octanol–water partition coefficient (Wildman–Crippen LogP) is 1.80. The van der Waals surface area contributed by atoms with Crippen LogP contribution in [0.25, 0.3) is 0 Å². The zero-order valence-corrected chi connectivity index (χ0v) is 11.8. The second-order valence-corrected chi connectivity index (χ2v) is 5.42. The molecule has 0 radical (unpaired) electrons. The van der Waals surface area contributed by atoms with E-state index < -0.39 is 5.41 Å². The first-order chi connectivity index (χ1) is 7.79. The molecule has 0 unspecified atom stereocenters. The Morgan fingerprint density at radius 1 is 1.24 bits per heavy atom. The van der Waals surface area contributed by atoms with Gasteiger partial charge in [-0.05, 0) is 6.42 Å². The number of hydrogen-bond acceptors (Lipinski definition) is 2. The van der Waals surface area contributed by atoms with Crippen LogP contribution in [0.15, 0.2) is 0 Å². The number of hydrogen-bond donors (Lipinski definition) is 1. The van der Waals surface area contributed by atoms with E-state index in [0.29, 0.717) is 13.0 Å². The summed E-state index contributed by atoms with van der Waals surface area (Å²) in [6.45, 7) is 8.89. The van der Waals surface area contributed by atoms with E-state index in [2.05, 4.69) is 12.2 Å². The average molecular weight is 242 g/mol. The maximum Gasteiger partial charge on any atom is 0.225 e. The summed E-state index contributed by atoms with van der Waals surface area (Å²) >= 11 is 0. The van der Waals surface area contributed by atoms with Crippen LogP contribution in [0, 0.1) is 5.41 Å². The molecule has 0 rings (SSSR count). The van der Waals surface area contributed by atoms with Gasteiger partial charge < -0.3 is 10.2 Å². The Balaban J connectivity index is 3.82. The number of amides is 2. The minimum absolute atomic E-state index is 0.0125. The van der Waals surface area contributed by atoms with Gasteiger partial charge in [0.1, 0.15) is 0 Å². The monoisotopic (exact) mass is 242 g/mol. The highest BCUT2D eigenvalue weighted by Gasteiger charge is 2.20. The van der Waals surface area contributed by atoms with Gasteiger partial charge >= 0.3 is 0 Å². The molecule has 1 N–H and O–H groups in total. The Morgan fingerprint density at radius 3 is 2.29 bits per heavy atom. The van der Waals surface area contributed by atoms with Crippen molar-refractivity contribution in [3.05, 3.63) is 0 Å². The van der Waals surface area contributed by atoms with Gasteiger partial charge in [-0.25, -0.2) is 0 Å². The van der Waals surface area contributed by atoms with Crippen molar-refractivity contribution in [3.8, 4) is 0 Å². The summed E-state index contributed by atoms with van der Waals surface area (Å²) in [6, 6.07) is 0. The van der Waals surface area contributed by atoms with Crippen LogP contribution in [0.5, 0.6) is 0 Å². The molecule has 2 amide bonds. The molecule has 0 aromatic rings. The van der Waals surface area contributed by atoms with Gasteiger partial charge in [-0.2, -0.15) is 0 Å². The van der Waals surface area contributed by atoms with E-state index in [9.17, 15) is 9.59 Å². The molecule has 0 fully saturated rings. The normalized spacial score (nSPS) is 11.1. The van der Waals surface area contributed by atoms with Crippen LogP contribution in [0.1, 0.15) is 47.0 Å². The van der Waals surface area contributed by atoms with Crippen LogP contribution in [0.2, 0.25) is 0 Å². The molecule has 0 atom stereocenters. The Hall–Kier alpha value is -1.06. The number of nitrogens with zero attached hydrogens (tertiary/aromatic N) is 1. The third-order valence-corrected chi connectivity index (χ3v) is 2.58. The maximum absolute atomic E-state index is 11.7. The van der Waals surface area contributed by atoms with Gasteiger partial charge in [-0.15, -0.1) is 0 Å². The summed E-state index contributed by atoms with van der Waals surface area (Å²) in [7, 11) is 1.81. The smallest absolute Gasteiger partial charge is 0.225 e. The number of nitrogens with one attached hydrogen (secondary N) is 1. The van der Waals surface area contributed by atoms with Crippen LogP contribution in [0.3, 0.4) is 0 Å². The average Bonchev–Trinajstić information content (AvgIpc) is 2.24. The van der Waals surface area contributed by atoms with Gasteiger partial charge in [-0.3, -0.25) is 9.59 Å². The molecule has 0 heterocycles. The van der Waals surface area contributed by atoms with Gasteiger partial charge in [0.15, 0.2) is 0 Å². The van der Waals surface area contributed by atoms with Crippen LogP contribution in [-0.2, 0) is 9.59 Å². The van der Waals surface area contributed by atoms with E-state index in [-0.39, 0.29) is 11.8 Å². The lowest BCUT2D eigenvalue weighted by Crippen LogP contribution is -2.37. The lowest BCUT2D eigenvalue weighted by Gasteiger charge is -2.19. The van der Waals surface area contributed by atoms with E-state index in [1.54, 1.807) is 4.90 Å². The van der Waals surface area contributed by atoms with E-state index in [1.807, 2.05) is 27.8 Å². The molecule has 0 saturated heterocycles. The molecule has 0 aliphatic heterocycles. The first-order valence-corrected chi connectivity index (χ1v) is 6.31. The zero-order chi connectivity index (χ0) is 13.5. The largest absolute Gasteiger partial charge is 0.355 e. The summed E-state index contributed by atoms with van der Waals surface area (Å²) < 4.78 is 0. The molecule has 0 aromatic carbocycles. The van der Waals surface area contributed by atoms with Gasteiger partial charge in [0, 0.05) is 32.0 Å². The van der Waals surface area contributed by atoms with E-state index in [1.165, 1.54) is 0 Å². The lowest BCUT2D eigenvalue weighted by molar-refractivity contribution is -0.130. The minimum atomic E-state index is -0.392. The number of rotatable bonds is 6. The highest BCUT2D eigenvalue weighted by Crippen LogP contribution is 2.12. The standard InChI is InChI=1S/C13H26N2O2/c1-6-7-10-15(5)11(16)8-9-14-12(17)13(2,3)4/h6-10H2,1-5H3,(H,14,17). The van der Waals surface area contributed by atoms with E-state index >= 15 is 0 Å². The fraction of sp³-hybridized carbons (Fsp3) is 0.846. The molecule has 0 spiro atoms. The minimum Gasteiger partial charge on any atom is -0.355 e. The number of unbranched alkanes of at least 4 members (excludes halogenated alkanes) is 1. The van der Waals surface area contributed by atoms with E-state index in [0.717, 1.165) is 19.4 Å². The van der Waals surface area contributed by atoms with Crippen molar-refractivity contribution in [3.63, 3.8) is 0 Å². The Labute approximate surface area is 105 Å². The third kappa shape index (κ3) is 6.97. The summed E-state index contributed by atoms with van der Waals surface area (Å²) in [5.74, 6) is 0.0779. The molecule has 17 heavy (non-hydrogen) atoms. The van der Waals surface area contributed by atoms with Crippen molar-refractivity contribution in [2.45, 2.75) is 47.0 Å². The van der Waals surface area contributed by atoms with Crippen molar-refractivity contribution in [1.82, 2.24) is 10.2 Å². The van der Waals surface area contributed by atoms with Crippen LogP contribution in [-0.4, -0.2) is 36.9 Å². The first-order valence-electron chi connectivity index (χ1n) is 6.31. The lowest BCUT2D eigenvalue weighted by atomic mass is 9.96. The second kappa shape index (κ2) is 7.30. The molecule has 0 saturated carbocycles. The summed E-state index contributed by atoms with van der Waals surface area (Å²) in [5.41, 5.74) is -0.392. The molecule has 4 heteroatoms.